The van der Waals surface area contributed by atoms with Crippen LogP contribution in [0.3, 0.4) is 0 Å². The summed E-state index contributed by atoms with van der Waals surface area (Å²) in [5.41, 5.74) is 2.35. The van der Waals surface area contributed by atoms with Crippen LogP contribution in [0.15, 0.2) is 28.9 Å². The van der Waals surface area contributed by atoms with Gasteiger partial charge in [0.05, 0.1) is 12.5 Å². The molecule has 0 radical (unpaired) electrons. The van der Waals surface area contributed by atoms with E-state index in [0.717, 1.165) is 36.2 Å². The molecule has 1 fully saturated rings. The second-order valence-electron chi connectivity index (χ2n) is 5.10. The van der Waals surface area contributed by atoms with Crippen molar-refractivity contribution in [2.45, 2.75) is 12.5 Å². The molecule has 20 heavy (non-hydrogen) atoms. The van der Waals surface area contributed by atoms with Gasteiger partial charge >= 0.3 is 0 Å². The number of nitrogens with zero attached hydrogens (tertiary/aromatic N) is 2. The molecule has 1 atom stereocenters. The van der Waals surface area contributed by atoms with Crippen LogP contribution in [-0.2, 0) is 0 Å². The highest BCUT2D eigenvalue weighted by Gasteiger charge is 2.24. The van der Waals surface area contributed by atoms with Gasteiger partial charge in [-0.3, -0.25) is 4.90 Å². The van der Waals surface area contributed by atoms with Crippen LogP contribution in [0, 0.1) is 11.3 Å². The third-order valence-electron chi connectivity index (χ3n) is 3.91. The predicted molar refractivity (Wildman–Crippen MR) is 83.4 cm³/mol. The van der Waals surface area contributed by atoms with Crippen LogP contribution in [0.25, 0.3) is 10.9 Å². The minimum Gasteiger partial charge on any atom is -0.361 e. The number of aromatic amines is 1. The minimum absolute atomic E-state index is 0.171. The van der Waals surface area contributed by atoms with E-state index in [2.05, 4.69) is 55.5 Å². The van der Waals surface area contributed by atoms with E-state index in [1.807, 2.05) is 6.07 Å². The number of piperazine rings is 1. The number of nitriles is 1. The third-order valence-corrected chi connectivity index (χ3v) is 4.41. The fourth-order valence-electron chi connectivity index (χ4n) is 2.91. The third kappa shape index (κ3) is 2.59. The largest absolute Gasteiger partial charge is 0.361 e. The molecule has 0 saturated carbocycles. The number of aromatic nitrogens is 1. The molecule has 1 aromatic carbocycles. The van der Waals surface area contributed by atoms with Gasteiger partial charge in [0.15, 0.2) is 0 Å². The van der Waals surface area contributed by atoms with Gasteiger partial charge in [-0.2, -0.15) is 5.26 Å². The fourth-order valence-corrected chi connectivity index (χ4v) is 3.27. The Morgan fingerprint density at radius 3 is 2.90 bits per heavy atom. The summed E-state index contributed by atoms with van der Waals surface area (Å²) in [6.07, 6.45) is 2.58. The van der Waals surface area contributed by atoms with Gasteiger partial charge in [-0.1, -0.05) is 15.9 Å². The Kier molecular flexibility index (Phi) is 4.06. The van der Waals surface area contributed by atoms with Gasteiger partial charge in [0.1, 0.15) is 0 Å². The first-order valence-corrected chi connectivity index (χ1v) is 7.67. The molecule has 0 bridgehead atoms. The molecule has 0 amide bonds. The van der Waals surface area contributed by atoms with E-state index in [0.29, 0.717) is 6.42 Å². The Balaban J connectivity index is 2.00. The molecular formula is C15H17BrN4. The van der Waals surface area contributed by atoms with Gasteiger partial charge in [-0.05, 0) is 23.8 Å². The van der Waals surface area contributed by atoms with Crippen molar-refractivity contribution in [1.29, 1.82) is 5.26 Å². The zero-order valence-electron chi connectivity index (χ0n) is 11.2. The van der Waals surface area contributed by atoms with Crippen molar-refractivity contribution in [3.8, 4) is 6.07 Å². The van der Waals surface area contributed by atoms with Crippen LogP contribution < -0.4 is 5.32 Å². The Morgan fingerprint density at radius 1 is 1.35 bits per heavy atom. The maximum absolute atomic E-state index is 9.18. The first-order valence-electron chi connectivity index (χ1n) is 6.88. The first-order chi connectivity index (χ1) is 9.79. The van der Waals surface area contributed by atoms with E-state index in [1.54, 1.807) is 0 Å². The number of fused-ring (bicyclic) bond motifs is 1. The summed E-state index contributed by atoms with van der Waals surface area (Å²) in [5.74, 6) is 0. The average molecular weight is 333 g/mol. The van der Waals surface area contributed by atoms with Gasteiger partial charge in [0.2, 0.25) is 0 Å². The molecule has 2 N–H and O–H groups in total. The fraction of sp³-hybridized carbons (Fsp3) is 0.400. The number of rotatable bonds is 3. The summed E-state index contributed by atoms with van der Waals surface area (Å²) in [6.45, 7) is 3.97. The van der Waals surface area contributed by atoms with Crippen molar-refractivity contribution in [2.24, 2.45) is 0 Å². The zero-order valence-corrected chi connectivity index (χ0v) is 12.8. The lowest BCUT2D eigenvalue weighted by Crippen LogP contribution is -2.45. The predicted octanol–water partition coefficient (Wildman–Crippen LogP) is 2.79. The molecule has 1 aliphatic heterocycles. The van der Waals surface area contributed by atoms with E-state index in [9.17, 15) is 5.26 Å². The molecular weight excluding hydrogens is 316 g/mol. The summed E-state index contributed by atoms with van der Waals surface area (Å²) >= 11 is 3.53. The van der Waals surface area contributed by atoms with Crippen molar-refractivity contribution in [1.82, 2.24) is 15.2 Å². The molecule has 0 spiro atoms. The Morgan fingerprint density at radius 2 is 2.15 bits per heavy atom. The van der Waals surface area contributed by atoms with Crippen LogP contribution in [-0.4, -0.2) is 36.1 Å². The van der Waals surface area contributed by atoms with Gasteiger partial charge < -0.3 is 10.3 Å². The van der Waals surface area contributed by atoms with Crippen molar-refractivity contribution in [3.05, 3.63) is 34.4 Å². The van der Waals surface area contributed by atoms with Crippen LogP contribution in [0.5, 0.6) is 0 Å². The molecule has 2 heterocycles. The number of hydrogen-bond acceptors (Lipinski definition) is 3. The van der Waals surface area contributed by atoms with E-state index >= 15 is 0 Å². The van der Waals surface area contributed by atoms with Crippen molar-refractivity contribution >= 4 is 26.8 Å². The molecule has 4 nitrogen and oxygen atoms in total. The summed E-state index contributed by atoms with van der Waals surface area (Å²) < 4.78 is 1.07. The molecule has 5 heteroatoms. The monoisotopic (exact) mass is 332 g/mol. The number of hydrogen-bond donors (Lipinski definition) is 2. The van der Waals surface area contributed by atoms with E-state index in [-0.39, 0.29) is 6.04 Å². The Bertz CT molecular complexity index is 637. The van der Waals surface area contributed by atoms with Gasteiger partial charge in [-0.15, -0.1) is 0 Å². The standard InChI is InChI=1S/C15H17BrN4/c16-11-1-2-14-12(9-11)13(10-19-14)15(3-4-17)20-7-5-18-6-8-20/h1-2,9-10,15,18-19H,3,5-8H2/t15-/m1/s1. The summed E-state index contributed by atoms with van der Waals surface area (Å²) in [4.78, 5) is 5.73. The molecule has 0 aliphatic carbocycles. The van der Waals surface area contributed by atoms with E-state index in [4.69, 9.17) is 0 Å². The number of halogens is 1. The highest BCUT2D eigenvalue weighted by molar-refractivity contribution is 9.10. The van der Waals surface area contributed by atoms with Crippen molar-refractivity contribution in [3.63, 3.8) is 0 Å². The smallest absolute Gasteiger partial charge is 0.0641 e. The molecule has 2 aromatic rings. The van der Waals surface area contributed by atoms with Crippen molar-refractivity contribution in [2.75, 3.05) is 26.2 Å². The molecule has 1 aliphatic rings. The van der Waals surface area contributed by atoms with Crippen LogP contribution in [0.1, 0.15) is 18.0 Å². The summed E-state index contributed by atoms with van der Waals surface area (Å²) in [7, 11) is 0. The molecule has 1 saturated heterocycles. The zero-order chi connectivity index (χ0) is 13.9. The van der Waals surface area contributed by atoms with Gasteiger partial charge in [0, 0.05) is 53.8 Å². The maximum Gasteiger partial charge on any atom is 0.0641 e. The number of H-pyrrole nitrogens is 1. The Hall–Kier alpha value is -1.35. The van der Waals surface area contributed by atoms with E-state index in [1.165, 1.54) is 10.9 Å². The van der Waals surface area contributed by atoms with Crippen LogP contribution in [0.4, 0.5) is 0 Å². The van der Waals surface area contributed by atoms with Gasteiger partial charge in [-0.25, -0.2) is 0 Å². The summed E-state index contributed by atoms with van der Waals surface area (Å²) in [5, 5.41) is 13.8. The number of nitrogens with one attached hydrogen (secondary N) is 2. The van der Waals surface area contributed by atoms with Crippen LogP contribution in [0.2, 0.25) is 0 Å². The van der Waals surface area contributed by atoms with E-state index < -0.39 is 0 Å². The first kappa shape index (κ1) is 13.6. The van der Waals surface area contributed by atoms with Crippen molar-refractivity contribution < 1.29 is 0 Å². The molecule has 1 aromatic heterocycles. The summed E-state index contributed by atoms with van der Waals surface area (Å²) in [6, 6.07) is 8.76. The molecule has 0 unspecified atom stereocenters. The highest BCUT2D eigenvalue weighted by atomic mass is 79.9. The van der Waals surface area contributed by atoms with Crippen LogP contribution >= 0.6 is 15.9 Å². The second-order valence-corrected chi connectivity index (χ2v) is 6.01. The normalized spacial score (nSPS) is 18.0. The minimum atomic E-state index is 0.171. The topological polar surface area (TPSA) is 54.9 Å². The second kappa shape index (κ2) is 5.96. The van der Waals surface area contributed by atoms with Gasteiger partial charge in [0.25, 0.3) is 0 Å². The highest BCUT2D eigenvalue weighted by Crippen LogP contribution is 2.32. The lowest BCUT2D eigenvalue weighted by atomic mass is 10.0. The number of benzene rings is 1. The lowest BCUT2D eigenvalue weighted by molar-refractivity contribution is 0.176. The molecule has 3 rings (SSSR count). The quantitative estimate of drug-likeness (QED) is 0.908. The Labute approximate surface area is 126 Å². The SMILES string of the molecule is N#CC[C@H](c1c[nH]c2ccc(Br)cc12)N1CCNCC1. The molecule has 104 valence electrons. The lowest BCUT2D eigenvalue weighted by Gasteiger charge is -2.33. The maximum atomic E-state index is 9.18. The average Bonchev–Trinajstić information content (AvgIpc) is 2.88.